The second-order valence-electron chi connectivity index (χ2n) is 6.31. The number of aliphatic imine (C=N–C) groups is 1. The van der Waals surface area contributed by atoms with Gasteiger partial charge in [-0.25, -0.2) is 4.98 Å². The van der Waals surface area contributed by atoms with Crippen molar-refractivity contribution < 1.29 is 4.74 Å². The van der Waals surface area contributed by atoms with Gasteiger partial charge in [0.25, 0.3) is 0 Å². The highest BCUT2D eigenvalue weighted by Gasteiger charge is 2.03. The molecule has 2 aromatic rings. The lowest BCUT2D eigenvalue weighted by Gasteiger charge is -2.12. The summed E-state index contributed by atoms with van der Waals surface area (Å²) >= 11 is 1.79. The van der Waals surface area contributed by atoms with Gasteiger partial charge in [-0.15, -0.1) is 35.3 Å². The maximum Gasteiger partial charge on any atom is 0.191 e. The lowest BCUT2D eigenvalue weighted by Crippen LogP contribution is -2.39. The van der Waals surface area contributed by atoms with Crippen molar-refractivity contribution in [2.75, 3.05) is 20.1 Å². The minimum absolute atomic E-state index is 0. The van der Waals surface area contributed by atoms with Gasteiger partial charge in [0.2, 0.25) is 0 Å². The molecule has 0 bridgehead atoms. The zero-order valence-electron chi connectivity index (χ0n) is 16.6. The summed E-state index contributed by atoms with van der Waals surface area (Å²) in [5.41, 5.74) is 1.28. The fourth-order valence-corrected chi connectivity index (χ4v) is 3.33. The number of aryl methyl sites for hydroxylation is 1. The van der Waals surface area contributed by atoms with E-state index in [1.165, 1.54) is 15.4 Å². The number of aromatic nitrogens is 1. The monoisotopic (exact) mass is 502 g/mol. The van der Waals surface area contributed by atoms with Gasteiger partial charge in [0.15, 0.2) is 5.96 Å². The highest BCUT2D eigenvalue weighted by Crippen LogP contribution is 2.14. The SMILES string of the molecule is CCc1cnc(CCNC(=NC)NCCc2ccc(OC(C)C)cc2)s1.I. The predicted octanol–water partition coefficient (Wildman–Crippen LogP) is 4.06. The van der Waals surface area contributed by atoms with Crippen molar-refractivity contribution in [1.29, 1.82) is 0 Å². The Hall–Kier alpha value is -1.35. The third kappa shape index (κ3) is 8.92. The molecule has 0 saturated carbocycles. The first-order valence-electron chi connectivity index (χ1n) is 9.24. The van der Waals surface area contributed by atoms with Crippen LogP contribution in [0.5, 0.6) is 5.75 Å². The summed E-state index contributed by atoms with van der Waals surface area (Å²) in [7, 11) is 1.80. The van der Waals surface area contributed by atoms with Gasteiger partial charge < -0.3 is 15.4 Å². The van der Waals surface area contributed by atoms with Crippen LogP contribution in [0.4, 0.5) is 0 Å². The second kappa shape index (κ2) is 12.9. The quantitative estimate of drug-likeness (QED) is 0.309. The van der Waals surface area contributed by atoms with Crippen LogP contribution in [-0.2, 0) is 19.3 Å². The largest absolute Gasteiger partial charge is 0.491 e. The molecule has 7 heteroatoms. The number of hydrogen-bond acceptors (Lipinski definition) is 4. The van der Waals surface area contributed by atoms with E-state index < -0.39 is 0 Å². The molecule has 150 valence electrons. The Morgan fingerprint density at radius 1 is 1.15 bits per heavy atom. The summed E-state index contributed by atoms with van der Waals surface area (Å²) in [6.45, 7) is 7.90. The molecule has 1 aromatic carbocycles. The number of hydrogen-bond donors (Lipinski definition) is 2. The zero-order valence-corrected chi connectivity index (χ0v) is 19.8. The van der Waals surface area contributed by atoms with Crippen LogP contribution in [0.1, 0.15) is 36.2 Å². The lowest BCUT2D eigenvalue weighted by molar-refractivity contribution is 0.242. The van der Waals surface area contributed by atoms with Crippen LogP contribution < -0.4 is 15.4 Å². The molecule has 27 heavy (non-hydrogen) atoms. The number of halogens is 1. The molecule has 2 rings (SSSR count). The Balaban J connectivity index is 0.00000364. The molecule has 0 radical (unpaired) electrons. The third-order valence-corrected chi connectivity index (χ3v) is 5.01. The summed E-state index contributed by atoms with van der Waals surface area (Å²) < 4.78 is 5.67. The predicted molar refractivity (Wildman–Crippen MR) is 126 cm³/mol. The smallest absolute Gasteiger partial charge is 0.191 e. The summed E-state index contributed by atoms with van der Waals surface area (Å²) in [6, 6.07) is 8.29. The molecule has 0 fully saturated rings. The van der Waals surface area contributed by atoms with E-state index in [0.29, 0.717) is 0 Å². The number of rotatable bonds is 9. The average molecular weight is 502 g/mol. The number of guanidine groups is 1. The molecule has 0 atom stereocenters. The minimum Gasteiger partial charge on any atom is -0.491 e. The van der Waals surface area contributed by atoms with E-state index in [2.05, 4.69) is 39.7 Å². The first-order valence-corrected chi connectivity index (χ1v) is 10.1. The van der Waals surface area contributed by atoms with Crippen molar-refractivity contribution in [3.05, 3.63) is 45.9 Å². The Bertz CT molecular complexity index is 686. The van der Waals surface area contributed by atoms with Crippen molar-refractivity contribution in [3.63, 3.8) is 0 Å². The van der Waals surface area contributed by atoms with Gasteiger partial charge in [-0.1, -0.05) is 19.1 Å². The molecule has 0 amide bonds. The van der Waals surface area contributed by atoms with E-state index in [1.54, 1.807) is 18.4 Å². The van der Waals surface area contributed by atoms with Crippen molar-refractivity contribution >= 4 is 41.3 Å². The molecular formula is C20H31IN4OS. The number of nitrogens with one attached hydrogen (secondary N) is 2. The number of thiazole rings is 1. The number of benzene rings is 1. The first kappa shape index (κ1) is 23.7. The van der Waals surface area contributed by atoms with Crippen molar-refractivity contribution in [3.8, 4) is 5.75 Å². The molecule has 5 nitrogen and oxygen atoms in total. The second-order valence-corrected chi connectivity index (χ2v) is 7.51. The van der Waals surface area contributed by atoms with Crippen LogP contribution in [0.3, 0.4) is 0 Å². The van der Waals surface area contributed by atoms with Crippen LogP contribution in [0, 0.1) is 0 Å². The Morgan fingerprint density at radius 2 is 1.81 bits per heavy atom. The molecule has 0 aliphatic heterocycles. The lowest BCUT2D eigenvalue weighted by atomic mass is 10.1. The van der Waals surface area contributed by atoms with Gasteiger partial charge >= 0.3 is 0 Å². The Morgan fingerprint density at radius 3 is 2.37 bits per heavy atom. The van der Waals surface area contributed by atoms with Gasteiger partial charge in [-0.3, -0.25) is 4.99 Å². The number of nitrogens with zero attached hydrogens (tertiary/aromatic N) is 2. The average Bonchev–Trinajstić information content (AvgIpc) is 3.09. The van der Waals surface area contributed by atoms with Gasteiger partial charge in [0, 0.05) is 37.6 Å². The van der Waals surface area contributed by atoms with Gasteiger partial charge in [-0.2, -0.15) is 0 Å². The van der Waals surface area contributed by atoms with E-state index >= 15 is 0 Å². The van der Waals surface area contributed by atoms with Crippen molar-refractivity contribution in [2.24, 2.45) is 4.99 Å². The van der Waals surface area contributed by atoms with Crippen LogP contribution in [0.25, 0.3) is 0 Å². The van der Waals surface area contributed by atoms with E-state index in [9.17, 15) is 0 Å². The molecule has 1 aromatic heterocycles. The van der Waals surface area contributed by atoms with E-state index in [4.69, 9.17) is 4.74 Å². The summed E-state index contributed by atoms with van der Waals surface area (Å²) in [5.74, 6) is 1.75. The van der Waals surface area contributed by atoms with E-state index in [-0.39, 0.29) is 30.1 Å². The maximum absolute atomic E-state index is 5.67. The first-order chi connectivity index (χ1) is 12.6. The molecule has 0 spiro atoms. The van der Waals surface area contributed by atoms with Crippen LogP contribution >= 0.6 is 35.3 Å². The fourth-order valence-electron chi connectivity index (χ4n) is 2.47. The summed E-state index contributed by atoms with van der Waals surface area (Å²) in [4.78, 5) is 10.1. The Kier molecular flexibility index (Phi) is 11.3. The highest BCUT2D eigenvalue weighted by atomic mass is 127. The number of ether oxygens (including phenoxy) is 1. The third-order valence-electron chi connectivity index (χ3n) is 3.81. The van der Waals surface area contributed by atoms with E-state index in [0.717, 1.165) is 44.1 Å². The summed E-state index contributed by atoms with van der Waals surface area (Å²) in [5, 5.41) is 7.88. The Labute approximate surface area is 184 Å². The van der Waals surface area contributed by atoms with Gasteiger partial charge in [-0.05, 0) is 44.4 Å². The molecule has 0 saturated heterocycles. The minimum atomic E-state index is 0. The molecule has 0 aliphatic carbocycles. The topological polar surface area (TPSA) is 58.5 Å². The molecule has 0 aliphatic rings. The van der Waals surface area contributed by atoms with E-state index in [1.807, 2.05) is 32.2 Å². The molecule has 1 heterocycles. The van der Waals surface area contributed by atoms with Crippen LogP contribution in [0.15, 0.2) is 35.5 Å². The normalized spacial score (nSPS) is 11.2. The highest BCUT2D eigenvalue weighted by molar-refractivity contribution is 14.0. The fraction of sp³-hybridized carbons (Fsp3) is 0.500. The standard InChI is InChI=1S/C20H30N4OS.HI/c1-5-18-14-24-19(26-18)11-13-23-20(21-4)22-12-10-16-6-8-17(9-7-16)25-15(2)3;/h6-9,14-15H,5,10-13H2,1-4H3,(H2,21,22,23);1H. The van der Waals surface area contributed by atoms with Gasteiger partial charge in [0.05, 0.1) is 11.1 Å². The molecular weight excluding hydrogens is 471 g/mol. The zero-order chi connectivity index (χ0) is 18.8. The van der Waals surface area contributed by atoms with Crippen LogP contribution in [-0.4, -0.2) is 37.2 Å². The summed E-state index contributed by atoms with van der Waals surface area (Å²) in [6.07, 6.45) is 5.09. The molecule has 0 unspecified atom stereocenters. The molecule has 2 N–H and O–H groups in total. The van der Waals surface area contributed by atoms with Gasteiger partial charge in [0.1, 0.15) is 5.75 Å². The van der Waals surface area contributed by atoms with Crippen molar-refractivity contribution in [1.82, 2.24) is 15.6 Å². The van der Waals surface area contributed by atoms with Crippen molar-refractivity contribution in [2.45, 2.75) is 46.1 Å². The van der Waals surface area contributed by atoms with Crippen LogP contribution in [0.2, 0.25) is 0 Å². The maximum atomic E-state index is 5.67.